The summed E-state index contributed by atoms with van der Waals surface area (Å²) in [7, 11) is 0. The van der Waals surface area contributed by atoms with Crippen LogP contribution in [0.1, 0.15) is 47.7 Å². The first-order valence-corrected chi connectivity index (χ1v) is 6.75. The van der Waals surface area contributed by atoms with Crippen LogP contribution in [0.4, 0.5) is 0 Å². The SMILES string of the molecule is Cc1ccc(Cc2noc(C3(N)CCC3)n2)cc1C. The minimum absolute atomic E-state index is 0.367. The molecule has 0 amide bonds. The van der Waals surface area contributed by atoms with Crippen molar-refractivity contribution in [2.75, 3.05) is 0 Å². The highest BCUT2D eigenvalue weighted by Gasteiger charge is 2.39. The molecule has 0 aliphatic heterocycles. The third kappa shape index (κ3) is 2.28. The number of hydrogen-bond donors (Lipinski definition) is 1. The molecule has 100 valence electrons. The maximum Gasteiger partial charge on any atom is 0.246 e. The first kappa shape index (κ1) is 12.4. The maximum absolute atomic E-state index is 6.18. The van der Waals surface area contributed by atoms with Crippen molar-refractivity contribution >= 4 is 0 Å². The standard InChI is InChI=1S/C15H19N3O/c1-10-4-5-12(8-11(10)2)9-13-17-14(19-18-13)15(16)6-3-7-15/h4-5,8H,3,6-7,9,16H2,1-2H3. The number of aromatic nitrogens is 2. The Kier molecular flexibility index (Phi) is 2.90. The predicted molar refractivity (Wildman–Crippen MR) is 72.7 cm³/mol. The highest BCUT2D eigenvalue weighted by atomic mass is 16.5. The summed E-state index contributed by atoms with van der Waals surface area (Å²) in [4.78, 5) is 4.45. The van der Waals surface area contributed by atoms with E-state index in [4.69, 9.17) is 10.3 Å². The van der Waals surface area contributed by atoms with E-state index in [2.05, 4.69) is 42.2 Å². The van der Waals surface area contributed by atoms with Crippen LogP contribution in [-0.4, -0.2) is 10.1 Å². The molecule has 2 aromatic rings. The highest BCUT2D eigenvalue weighted by Crippen LogP contribution is 2.37. The van der Waals surface area contributed by atoms with E-state index in [0.29, 0.717) is 12.3 Å². The molecule has 1 aromatic heterocycles. The molecule has 1 aromatic carbocycles. The number of benzene rings is 1. The molecule has 1 aliphatic carbocycles. The Morgan fingerprint density at radius 1 is 1.26 bits per heavy atom. The lowest BCUT2D eigenvalue weighted by Crippen LogP contribution is -2.43. The molecular formula is C15H19N3O. The first-order chi connectivity index (χ1) is 9.07. The van der Waals surface area contributed by atoms with Gasteiger partial charge < -0.3 is 10.3 Å². The van der Waals surface area contributed by atoms with Crippen molar-refractivity contribution in [3.63, 3.8) is 0 Å². The Bertz CT molecular complexity index is 599. The van der Waals surface area contributed by atoms with Gasteiger partial charge in [0.15, 0.2) is 5.82 Å². The normalized spacial score (nSPS) is 17.2. The molecule has 1 saturated carbocycles. The molecule has 4 nitrogen and oxygen atoms in total. The van der Waals surface area contributed by atoms with Crippen LogP contribution in [-0.2, 0) is 12.0 Å². The van der Waals surface area contributed by atoms with Gasteiger partial charge >= 0.3 is 0 Å². The Morgan fingerprint density at radius 3 is 2.68 bits per heavy atom. The van der Waals surface area contributed by atoms with Gasteiger partial charge in [-0.05, 0) is 49.8 Å². The molecule has 0 bridgehead atoms. The molecule has 19 heavy (non-hydrogen) atoms. The van der Waals surface area contributed by atoms with E-state index in [1.807, 2.05) is 0 Å². The fourth-order valence-corrected chi connectivity index (χ4v) is 2.40. The van der Waals surface area contributed by atoms with Gasteiger partial charge in [-0.3, -0.25) is 0 Å². The van der Waals surface area contributed by atoms with Crippen LogP contribution in [0.5, 0.6) is 0 Å². The van der Waals surface area contributed by atoms with E-state index < -0.39 is 0 Å². The van der Waals surface area contributed by atoms with Crippen LogP contribution in [0.2, 0.25) is 0 Å². The average Bonchev–Trinajstić information content (AvgIpc) is 2.80. The van der Waals surface area contributed by atoms with Crippen molar-refractivity contribution in [3.8, 4) is 0 Å². The van der Waals surface area contributed by atoms with Crippen LogP contribution in [0, 0.1) is 13.8 Å². The number of nitrogens with zero attached hydrogens (tertiary/aromatic N) is 2. The maximum atomic E-state index is 6.18. The Hall–Kier alpha value is -1.68. The molecular weight excluding hydrogens is 238 g/mol. The summed E-state index contributed by atoms with van der Waals surface area (Å²) in [5, 5.41) is 4.05. The summed E-state index contributed by atoms with van der Waals surface area (Å²) in [5.41, 5.74) is 9.60. The van der Waals surface area contributed by atoms with Crippen LogP contribution >= 0.6 is 0 Å². The number of hydrogen-bond acceptors (Lipinski definition) is 4. The summed E-state index contributed by atoms with van der Waals surface area (Å²) in [5.74, 6) is 1.31. The summed E-state index contributed by atoms with van der Waals surface area (Å²) < 4.78 is 5.31. The third-order valence-corrected chi connectivity index (χ3v) is 4.07. The van der Waals surface area contributed by atoms with Crippen molar-refractivity contribution in [1.82, 2.24) is 10.1 Å². The zero-order valence-electron chi connectivity index (χ0n) is 11.4. The van der Waals surface area contributed by atoms with Crippen molar-refractivity contribution in [2.45, 2.75) is 45.1 Å². The second kappa shape index (κ2) is 4.46. The lowest BCUT2D eigenvalue weighted by atomic mass is 9.78. The van der Waals surface area contributed by atoms with Crippen molar-refractivity contribution in [3.05, 3.63) is 46.6 Å². The fraction of sp³-hybridized carbons (Fsp3) is 0.467. The van der Waals surface area contributed by atoms with Crippen molar-refractivity contribution in [2.24, 2.45) is 5.73 Å². The van der Waals surface area contributed by atoms with E-state index in [-0.39, 0.29) is 5.54 Å². The third-order valence-electron chi connectivity index (χ3n) is 4.07. The minimum atomic E-state index is -0.367. The van der Waals surface area contributed by atoms with Gasteiger partial charge in [0.25, 0.3) is 0 Å². The molecule has 0 spiro atoms. The number of aryl methyl sites for hydroxylation is 2. The van der Waals surface area contributed by atoms with Gasteiger partial charge in [-0.25, -0.2) is 0 Å². The summed E-state index contributed by atoms with van der Waals surface area (Å²) in [6.07, 6.45) is 3.72. The quantitative estimate of drug-likeness (QED) is 0.918. The van der Waals surface area contributed by atoms with E-state index in [1.54, 1.807) is 0 Å². The molecule has 0 saturated heterocycles. The van der Waals surface area contributed by atoms with Crippen molar-refractivity contribution < 1.29 is 4.52 Å². The molecule has 0 unspecified atom stereocenters. The van der Waals surface area contributed by atoms with Gasteiger partial charge in [-0.2, -0.15) is 4.98 Å². The van der Waals surface area contributed by atoms with E-state index in [1.165, 1.54) is 16.7 Å². The van der Waals surface area contributed by atoms with Gasteiger partial charge in [0.05, 0.1) is 5.54 Å². The Morgan fingerprint density at radius 2 is 2.05 bits per heavy atom. The van der Waals surface area contributed by atoms with Gasteiger partial charge in [-0.1, -0.05) is 23.4 Å². The van der Waals surface area contributed by atoms with Crippen LogP contribution in [0.25, 0.3) is 0 Å². The lowest BCUT2D eigenvalue weighted by Gasteiger charge is -2.33. The zero-order valence-corrected chi connectivity index (χ0v) is 11.4. The lowest BCUT2D eigenvalue weighted by molar-refractivity contribution is 0.181. The second-order valence-corrected chi connectivity index (χ2v) is 5.62. The number of nitrogens with two attached hydrogens (primary N) is 1. The molecule has 1 aliphatic rings. The molecule has 4 heteroatoms. The fourth-order valence-electron chi connectivity index (χ4n) is 2.40. The van der Waals surface area contributed by atoms with Crippen LogP contribution in [0.3, 0.4) is 0 Å². The topological polar surface area (TPSA) is 64.9 Å². The Labute approximate surface area is 113 Å². The van der Waals surface area contributed by atoms with Crippen molar-refractivity contribution in [1.29, 1.82) is 0 Å². The minimum Gasteiger partial charge on any atom is -0.337 e. The van der Waals surface area contributed by atoms with E-state index in [0.717, 1.165) is 25.1 Å². The highest BCUT2D eigenvalue weighted by molar-refractivity contribution is 5.31. The molecule has 0 atom stereocenters. The van der Waals surface area contributed by atoms with Gasteiger partial charge in [0.2, 0.25) is 5.89 Å². The molecule has 1 fully saturated rings. The molecule has 2 N–H and O–H groups in total. The Balaban J connectivity index is 1.78. The number of rotatable bonds is 3. The summed E-state index contributed by atoms with van der Waals surface area (Å²) in [6.45, 7) is 4.23. The van der Waals surface area contributed by atoms with Gasteiger partial charge in [-0.15, -0.1) is 0 Å². The van der Waals surface area contributed by atoms with E-state index in [9.17, 15) is 0 Å². The second-order valence-electron chi connectivity index (χ2n) is 5.62. The first-order valence-electron chi connectivity index (χ1n) is 6.75. The van der Waals surface area contributed by atoms with Crippen LogP contribution in [0.15, 0.2) is 22.7 Å². The molecule has 3 rings (SSSR count). The molecule has 1 heterocycles. The van der Waals surface area contributed by atoms with Gasteiger partial charge in [0, 0.05) is 6.42 Å². The predicted octanol–water partition coefficient (Wildman–Crippen LogP) is 2.62. The van der Waals surface area contributed by atoms with E-state index >= 15 is 0 Å². The summed E-state index contributed by atoms with van der Waals surface area (Å²) >= 11 is 0. The van der Waals surface area contributed by atoms with Gasteiger partial charge in [0.1, 0.15) is 0 Å². The van der Waals surface area contributed by atoms with Crippen LogP contribution < -0.4 is 5.73 Å². The zero-order chi connectivity index (χ0) is 13.5. The monoisotopic (exact) mass is 257 g/mol. The molecule has 0 radical (unpaired) electrons. The summed E-state index contributed by atoms with van der Waals surface area (Å²) in [6, 6.07) is 6.41. The smallest absolute Gasteiger partial charge is 0.246 e. The largest absolute Gasteiger partial charge is 0.337 e. The average molecular weight is 257 g/mol.